The Balaban J connectivity index is 1.59. The maximum absolute atomic E-state index is 13.6. The number of benzene rings is 3. The highest BCUT2D eigenvalue weighted by molar-refractivity contribution is 7.99. The van der Waals surface area contributed by atoms with Crippen LogP contribution in [0.4, 0.5) is 23.7 Å². The molecular formula is C30H31F3N4O4S. The molecule has 3 aromatic carbocycles. The number of halogens is 3. The molecule has 12 heteroatoms. The predicted molar refractivity (Wildman–Crippen MR) is 155 cm³/mol. The minimum absolute atomic E-state index is 0.0881. The second-order valence-corrected chi connectivity index (χ2v) is 10.6. The van der Waals surface area contributed by atoms with Crippen molar-refractivity contribution in [2.24, 2.45) is 0 Å². The number of nitrogens with zero attached hydrogens (tertiary/aromatic N) is 1. The van der Waals surface area contributed by atoms with Crippen LogP contribution < -0.4 is 20.9 Å². The fourth-order valence-electron chi connectivity index (χ4n) is 4.48. The first-order valence-corrected chi connectivity index (χ1v) is 14.3. The van der Waals surface area contributed by atoms with Crippen molar-refractivity contribution in [2.45, 2.75) is 43.5 Å². The molecule has 0 fully saturated rings. The fourth-order valence-corrected chi connectivity index (χ4v) is 5.59. The fraction of sp³-hybridized carbons (Fsp3) is 0.300. The Kier molecular flexibility index (Phi) is 10.1. The number of rotatable bonds is 9. The molecular weight excluding hydrogens is 569 g/mol. The van der Waals surface area contributed by atoms with Crippen LogP contribution in [-0.4, -0.2) is 47.9 Å². The van der Waals surface area contributed by atoms with E-state index in [4.69, 9.17) is 5.11 Å². The molecule has 0 radical (unpaired) electrons. The lowest BCUT2D eigenvalue weighted by Gasteiger charge is -2.26. The monoisotopic (exact) mass is 600 g/mol. The number of alkyl halides is 3. The molecule has 4 rings (SSSR count). The molecule has 1 heterocycles. The Morgan fingerprint density at radius 3 is 2.48 bits per heavy atom. The maximum Gasteiger partial charge on any atom is 0.416 e. The van der Waals surface area contributed by atoms with Crippen molar-refractivity contribution in [3.05, 3.63) is 83.4 Å². The maximum atomic E-state index is 13.6. The van der Waals surface area contributed by atoms with Crippen LogP contribution in [0.3, 0.4) is 0 Å². The van der Waals surface area contributed by atoms with Gasteiger partial charge < -0.3 is 26.0 Å². The van der Waals surface area contributed by atoms with Gasteiger partial charge in [0.15, 0.2) is 0 Å². The lowest BCUT2D eigenvalue weighted by Crippen LogP contribution is -2.49. The quantitative estimate of drug-likeness (QED) is 0.285. The summed E-state index contributed by atoms with van der Waals surface area (Å²) in [5.74, 6) is -0.612. The Labute approximate surface area is 245 Å². The minimum Gasteiger partial charge on any atom is -0.395 e. The first-order valence-electron chi connectivity index (χ1n) is 13.3. The molecule has 0 aromatic heterocycles. The van der Waals surface area contributed by atoms with Crippen LogP contribution in [0.1, 0.15) is 30.0 Å². The van der Waals surface area contributed by atoms with Crippen molar-refractivity contribution in [1.82, 2.24) is 16.0 Å². The molecule has 0 saturated heterocycles. The van der Waals surface area contributed by atoms with Crippen LogP contribution in [0.2, 0.25) is 0 Å². The highest BCUT2D eigenvalue weighted by Crippen LogP contribution is 2.40. The number of fused-ring (bicyclic) bond motifs is 1. The largest absolute Gasteiger partial charge is 0.416 e. The Morgan fingerprint density at radius 2 is 1.79 bits per heavy atom. The molecule has 4 N–H and O–H groups in total. The summed E-state index contributed by atoms with van der Waals surface area (Å²) in [6.45, 7) is 1.99. The molecule has 0 unspecified atom stereocenters. The number of hydrogen-bond donors (Lipinski definition) is 4. The lowest BCUT2D eigenvalue weighted by molar-refractivity contribution is -0.137. The number of urea groups is 1. The zero-order chi connectivity index (χ0) is 30.3. The van der Waals surface area contributed by atoms with Crippen molar-refractivity contribution in [2.75, 3.05) is 23.8 Å². The number of thioether (sulfide) groups is 1. The third kappa shape index (κ3) is 7.62. The number of carbonyl (C=O) groups is 3. The van der Waals surface area contributed by atoms with Gasteiger partial charge in [-0.25, -0.2) is 4.79 Å². The minimum atomic E-state index is -4.53. The highest BCUT2D eigenvalue weighted by Gasteiger charge is 2.35. The summed E-state index contributed by atoms with van der Waals surface area (Å²) in [5.41, 5.74) is 2.92. The van der Waals surface area contributed by atoms with E-state index >= 15 is 0 Å². The van der Waals surface area contributed by atoms with Gasteiger partial charge in [-0.2, -0.15) is 13.2 Å². The molecule has 42 heavy (non-hydrogen) atoms. The highest BCUT2D eigenvalue weighted by atomic mass is 32.2. The van der Waals surface area contributed by atoms with E-state index in [1.54, 1.807) is 6.92 Å². The Hall–Kier alpha value is -4.03. The molecule has 0 bridgehead atoms. The first-order chi connectivity index (χ1) is 20.1. The number of carbonyl (C=O) groups excluding carboxylic acids is 3. The molecule has 0 aliphatic carbocycles. The molecule has 3 aromatic rings. The standard InChI is InChI=1S/C30H31F3N4O4S/c1-2-27(39)36-24-18-42-26-15-22(30(31,32)33)11-12-25(26)37(28(24)40)17-19-7-9-20(10-8-19)23-6-4-3-5-21(23)16-35-29(41)34-13-14-38/h3-12,15,24,38H,2,13-14,16-18H2,1H3,(H,36,39)(H2,34,35,41)/t24-/m1/s1. The molecule has 4 amide bonds. The smallest absolute Gasteiger partial charge is 0.395 e. The number of aliphatic hydroxyl groups excluding tert-OH is 1. The van der Waals surface area contributed by atoms with Crippen LogP contribution in [0.25, 0.3) is 11.1 Å². The number of hydrogen-bond acceptors (Lipinski definition) is 5. The van der Waals surface area contributed by atoms with E-state index in [-0.39, 0.29) is 44.3 Å². The average Bonchev–Trinajstić information content (AvgIpc) is 3.11. The first kappa shape index (κ1) is 30.9. The summed E-state index contributed by atoms with van der Waals surface area (Å²) in [4.78, 5) is 39.4. The van der Waals surface area contributed by atoms with E-state index in [0.29, 0.717) is 10.6 Å². The van der Waals surface area contributed by atoms with Gasteiger partial charge in [0, 0.05) is 30.2 Å². The zero-order valence-electron chi connectivity index (χ0n) is 22.8. The third-order valence-corrected chi connectivity index (χ3v) is 7.80. The molecule has 1 aliphatic rings. The van der Waals surface area contributed by atoms with Crippen molar-refractivity contribution >= 4 is 35.3 Å². The summed E-state index contributed by atoms with van der Waals surface area (Å²) in [6.07, 6.45) is -4.36. The van der Waals surface area contributed by atoms with E-state index in [9.17, 15) is 27.6 Å². The van der Waals surface area contributed by atoms with Gasteiger partial charge >= 0.3 is 12.2 Å². The van der Waals surface area contributed by atoms with E-state index < -0.39 is 29.7 Å². The zero-order valence-corrected chi connectivity index (χ0v) is 23.6. The van der Waals surface area contributed by atoms with Gasteiger partial charge in [0.2, 0.25) is 5.91 Å². The Morgan fingerprint density at radius 1 is 1.05 bits per heavy atom. The van der Waals surface area contributed by atoms with Gasteiger partial charge in [0.1, 0.15) is 6.04 Å². The molecule has 1 atom stereocenters. The van der Waals surface area contributed by atoms with Crippen LogP contribution in [0, 0.1) is 0 Å². The van der Waals surface area contributed by atoms with Crippen molar-refractivity contribution in [1.29, 1.82) is 0 Å². The van der Waals surface area contributed by atoms with E-state index in [1.807, 2.05) is 48.5 Å². The second-order valence-electron chi connectivity index (χ2n) is 9.58. The van der Waals surface area contributed by atoms with Crippen molar-refractivity contribution in [3.63, 3.8) is 0 Å². The summed E-state index contributed by atoms with van der Waals surface area (Å²) < 4.78 is 40.3. The predicted octanol–water partition coefficient (Wildman–Crippen LogP) is 4.70. The molecule has 222 valence electrons. The number of nitrogens with one attached hydrogen (secondary N) is 3. The summed E-state index contributed by atoms with van der Waals surface area (Å²) in [5, 5.41) is 16.9. The van der Waals surface area contributed by atoms with Gasteiger partial charge in [-0.1, -0.05) is 55.5 Å². The van der Waals surface area contributed by atoms with Crippen molar-refractivity contribution < 1.29 is 32.7 Å². The number of amides is 4. The molecule has 0 saturated carbocycles. The number of anilines is 1. The van der Waals surface area contributed by atoms with Crippen LogP contribution in [0.15, 0.2) is 71.6 Å². The SMILES string of the molecule is CCC(=O)N[C@@H]1CSc2cc(C(F)(F)F)ccc2N(Cc2ccc(-c3ccccc3CNC(=O)NCCO)cc2)C1=O. The van der Waals surface area contributed by atoms with Gasteiger partial charge in [0.25, 0.3) is 5.91 Å². The van der Waals surface area contributed by atoms with Gasteiger partial charge in [-0.05, 0) is 40.5 Å². The summed E-state index contributed by atoms with van der Waals surface area (Å²) >= 11 is 1.11. The topological polar surface area (TPSA) is 111 Å². The lowest BCUT2D eigenvalue weighted by atomic mass is 9.98. The van der Waals surface area contributed by atoms with Crippen LogP contribution in [-0.2, 0) is 28.9 Å². The van der Waals surface area contributed by atoms with Gasteiger partial charge in [0.05, 0.1) is 24.4 Å². The second kappa shape index (κ2) is 13.8. The van der Waals surface area contributed by atoms with Gasteiger partial charge in [-0.3, -0.25) is 9.59 Å². The summed E-state index contributed by atoms with van der Waals surface area (Å²) in [6, 6.07) is 17.0. The Bertz CT molecular complexity index is 1430. The van der Waals surface area contributed by atoms with E-state index in [0.717, 1.165) is 46.1 Å². The molecule has 0 spiro atoms. The van der Waals surface area contributed by atoms with Gasteiger partial charge in [-0.15, -0.1) is 11.8 Å². The normalized spacial score (nSPS) is 15.0. The van der Waals surface area contributed by atoms with Crippen LogP contribution in [0.5, 0.6) is 0 Å². The summed E-state index contributed by atoms with van der Waals surface area (Å²) in [7, 11) is 0. The average molecular weight is 601 g/mol. The van der Waals surface area contributed by atoms with E-state index in [2.05, 4.69) is 16.0 Å². The molecule has 8 nitrogen and oxygen atoms in total. The van der Waals surface area contributed by atoms with E-state index in [1.165, 1.54) is 11.0 Å². The third-order valence-electron chi connectivity index (χ3n) is 6.66. The molecule has 1 aliphatic heterocycles. The van der Waals surface area contributed by atoms with Crippen LogP contribution >= 0.6 is 11.8 Å². The number of aliphatic hydroxyl groups is 1. The van der Waals surface area contributed by atoms with Crippen molar-refractivity contribution in [3.8, 4) is 11.1 Å².